The summed E-state index contributed by atoms with van der Waals surface area (Å²) in [4.78, 5) is 27.2. The summed E-state index contributed by atoms with van der Waals surface area (Å²) in [5, 5.41) is 8.43. The smallest absolute Gasteiger partial charge is 0.274 e. The number of nitrogens with zero attached hydrogens (tertiary/aromatic N) is 6. The van der Waals surface area contributed by atoms with E-state index in [4.69, 9.17) is 11.6 Å². The summed E-state index contributed by atoms with van der Waals surface area (Å²) in [7, 11) is 0. The van der Waals surface area contributed by atoms with Crippen LogP contribution >= 0.6 is 11.6 Å². The highest BCUT2D eigenvalue weighted by atomic mass is 35.5. The highest BCUT2D eigenvalue weighted by Crippen LogP contribution is 2.28. The molecule has 5 heterocycles. The molecule has 0 unspecified atom stereocenters. The summed E-state index contributed by atoms with van der Waals surface area (Å²) in [5.74, 6) is 0.777. The monoisotopic (exact) mass is 419 g/mol. The normalized spacial score (nSPS) is 13.3. The Balaban J connectivity index is 1.47. The van der Waals surface area contributed by atoms with Crippen LogP contribution in [0.5, 0.6) is 0 Å². The number of aryl methyl sites for hydroxylation is 1. The molecule has 0 saturated carbocycles. The fraction of sp³-hybridized carbons (Fsp3) is 0.190. The van der Waals surface area contributed by atoms with Gasteiger partial charge < -0.3 is 10.2 Å². The number of rotatable bonds is 3. The van der Waals surface area contributed by atoms with Crippen molar-refractivity contribution in [1.29, 1.82) is 0 Å². The predicted molar refractivity (Wildman–Crippen MR) is 116 cm³/mol. The Hall–Kier alpha value is -3.52. The quantitative estimate of drug-likeness (QED) is 0.545. The van der Waals surface area contributed by atoms with Crippen molar-refractivity contribution in [2.75, 3.05) is 16.8 Å². The molecule has 0 radical (unpaired) electrons. The van der Waals surface area contributed by atoms with E-state index >= 15 is 0 Å². The van der Waals surface area contributed by atoms with E-state index in [0.29, 0.717) is 17.2 Å². The van der Waals surface area contributed by atoms with Crippen molar-refractivity contribution in [3.8, 4) is 0 Å². The standard InChI is InChI=1S/C21H18ClN7O/c1-13-8-19-24-6-3-20(30)29(19)27-21(13)28-7-4-17-14(12-28)9-15(10-25-17)26-18-2-5-23-11-16(18)22/h2-3,5-6,8-11H,4,7,12H2,1H3,(H,23,26). The molecule has 0 aliphatic carbocycles. The number of fused-ring (bicyclic) bond motifs is 2. The van der Waals surface area contributed by atoms with E-state index in [2.05, 4.69) is 36.3 Å². The van der Waals surface area contributed by atoms with E-state index in [-0.39, 0.29) is 5.56 Å². The van der Waals surface area contributed by atoms with Crippen LogP contribution in [0.3, 0.4) is 0 Å². The third-order valence-electron chi connectivity index (χ3n) is 5.13. The second-order valence-electron chi connectivity index (χ2n) is 7.19. The zero-order chi connectivity index (χ0) is 20.7. The number of anilines is 3. The maximum absolute atomic E-state index is 12.2. The first-order chi connectivity index (χ1) is 14.6. The number of pyridine rings is 2. The van der Waals surface area contributed by atoms with Crippen LogP contribution in [0, 0.1) is 6.92 Å². The molecule has 4 aromatic heterocycles. The zero-order valence-corrected chi connectivity index (χ0v) is 17.0. The fourth-order valence-electron chi connectivity index (χ4n) is 3.67. The highest BCUT2D eigenvalue weighted by Gasteiger charge is 2.21. The van der Waals surface area contributed by atoms with Gasteiger partial charge in [-0.05, 0) is 36.2 Å². The van der Waals surface area contributed by atoms with Crippen LogP contribution in [0.25, 0.3) is 5.65 Å². The molecule has 0 aromatic carbocycles. The molecular formula is C21H18ClN7O. The van der Waals surface area contributed by atoms with E-state index in [1.807, 2.05) is 25.3 Å². The van der Waals surface area contributed by atoms with Crippen LogP contribution in [0.1, 0.15) is 16.8 Å². The van der Waals surface area contributed by atoms with E-state index in [1.54, 1.807) is 12.4 Å². The van der Waals surface area contributed by atoms with Gasteiger partial charge in [-0.1, -0.05) is 11.6 Å². The van der Waals surface area contributed by atoms with Gasteiger partial charge >= 0.3 is 0 Å². The molecule has 9 heteroatoms. The molecule has 150 valence electrons. The van der Waals surface area contributed by atoms with Gasteiger partial charge in [-0.2, -0.15) is 4.52 Å². The van der Waals surface area contributed by atoms with Gasteiger partial charge in [0, 0.05) is 49.9 Å². The van der Waals surface area contributed by atoms with Crippen molar-refractivity contribution in [3.63, 3.8) is 0 Å². The van der Waals surface area contributed by atoms with Gasteiger partial charge in [-0.3, -0.25) is 14.8 Å². The molecule has 1 N–H and O–H groups in total. The molecular weight excluding hydrogens is 402 g/mol. The van der Waals surface area contributed by atoms with Crippen molar-refractivity contribution in [2.45, 2.75) is 19.9 Å². The fourth-order valence-corrected chi connectivity index (χ4v) is 3.83. The van der Waals surface area contributed by atoms with Gasteiger partial charge in [-0.15, -0.1) is 5.10 Å². The minimum absolute atomic E-state index is 0.193. The van der Waals surface area contributed by atoms with Crippen LogP contribution < -0.4 is 15.8 Å². The first-order valence-electron chi connectivity index (χ1n) is 9.53. The van der Waals surface area contributed by atoms with Crippen molar-refractivity contribution >= 4 is 34.4 Å². The summed E-state index contributed by atoms with van der Waals surface area (Å²) in [5.41, 5.74) is 5.13. The van der Waals surface area contributed by atoms with Crippen molar-refractivity contribution in [3.05, 3.63) is 81.3 Å². The summed E-state index contributed by atoms with van der Waals surface area (Å²) >= 11 is 6.20. The molecule has 1 aliphatic heterocycles. The number of halogens is 1. The van der Waals surface area contributed by atoms with E-state index in [9.17, 15) is 4.79 Å². The largest absolute Gasteiger partial charge is 0.353 e. The van der Waals surface area contributed by atoms with E-state index < -0.39 is 0 Å². The second kappa shape index (κ2) is 7.38. The van der Waals surface area contributed by atoms with Crippen molar-refractivity contribution in [1.82, 2.24) is 24.6 Å². The third-order valence-corrected chi connectivity index (χ3v) is 5.43. The Kier molecular flexibility index (Phi) is 4.55. The molecule has 5 rings (SSSR count). The molecule has 0 saturated heterocycles. The average Bonchev–Trinajstić information content (AvgIpc) is 2.75. The number of hydrogen-bond donors (Lipinski definition) is 1. The summed E-state index contributed by atoms with van der Waals surface area (Å²) in [6, 6.07) is 7.20. The first-order valence-corrected chi connectivity index (χ1v) is 9.91. The molecule has 0 fully saturated rings. The van der Waals surface area contributed by atoms with E-state index in [0.717, 1.165) is 47.0 Å². The Bertz CT molecular complexity index is 1320. The topological polar surface area (TPSA) is 88.3 Å². The van der Waals surface area contributed by atoms with E-state index in [1.165, 1.54) is 16.8 Å². The predicted octanol–water partition coefficient (Wildman–Crippen LogP) is 3.15. The Morgan fingerprint density at radius 3 is 2.90 bits per heavy atom. The molecule has 8 nitrogen and oxygen atoms in total. The zero-order valence-electron chi connectivity index (χ0n) is 16.2. The second-order valence-corrected chi connectivity index (χ2v) is 7.59. The SMILES string of the molecule is Cc1cc2nccc(=O)n2nc1N1CCc2ncc(Nc3ccncc3Cl)cc2C1. The first kappa shape index (κ1) is 18.5. The molecule has 4 aromatic rings. The highest BCUT2D eigenvalue weighted by molar-refractivity contribution is 6.33. The van der Waals surface area contributed by atoms with Gasteiger partial charge in [0.15, 0.2) is 11.5 Å². The van der Waals surface area contributed by atoms with Crippen LogP contribution in [0.2, 0.25) is 5.02 Å². The van der Waals surface area contributed by atoms with Gasteiger partial charge in [0.2, 0.25) is 0 Å². The Labute approximate surface area is 177 Å². The van der Waals surface area contributed by atoms with Crippen LogP contribution in [-0.2, 0) is 13.0 Å². The number of aromatic nitrogens is 5. The lowest BCUT2D eigenvalue weighted by molar-refractivity contribution is 0.686. The Morgan fingerprint density at radius 1 is 1.13 bits per heavy atom. The molecule has 0 amide bonds. The Morgan fingerprint density at radius 2 is 2.03 bits per heavy atom. The van der Waals surface area contributed by atoms with Crippen LogP contribution in [0.15, 0.2) is 53.8 Å². The van der Waals surface area contributed by atoms with Gasteiger partial charge in [0.1, 0.15) is 0 Å². The van der Waals surface area contributed by atoms with Gasteiger partial charge in [0.25, 0.3) is 5.56 Å². The van der Waals surface area contributed by atoms with Crippen molar-refractivity contribution < 1.29 is 0 Å². The van der Waals surface area contributed by atoms with Crippen LogP contribution in [0.4, 0.5) is 17.2 Å². The van der Waals surface area contributed by atoms with Gasteiger partial charge in [0.05, 0.1) is 22.6 Å². The molecule has 0 bridgehead atoms. The maximum Gasteiger partial charge on any atom is 0.274 e. The van der Waals surface area contributed by atoms with Gasteiger partial charge in [-0.25, -0.2) is 4.98 Å². The summed E-state index contributed by atoms with van der Waals surface area (Å²) in [6.07, 6.45) is 7.41. The summed E-state index contributed by atoms with van der Waals surface area (Å²) < 4.78 is 1.35. The minimum atomic E-state index is -0.193. The lowest BCUT2D eigenvalue weighted by Crippen LogP contribution is -2.33. The van der Waals surface area contributed by atoms with Crippen LogP contribution in [-0.4, -0.2) is 31.1 Å². The molecule has 0 atom stereocenters. The maximum atomic E-state index is 12.2. The lowest BCUT2D eigenvalue weighted by atomic mass is 10.0. The molecule has 0 spiro atoms. The molecule has 1 aliphatic rings. The average molecular weight is 420 g/mol. The molecule has 30 heavy (non-hydrogen) atoms. The summed E-state index contributed by atoms with van der Waals surface area (Å²) in [6.45, 7) is 3.41. The van der Waals surface area contributed by atoms with Crippen molar-refractivity contribution in [2.24, 2.45) is 0 Å². The third kappa shape index (κ3) is 3.35. The number of hydrogen-bond acceptors (Lipinski definition) is 7. The lowest BCUT2D eigenvalue weighted by Gasteiger charge is -2.30. The minimum Gasteiger partial charge on any atom is -0.353 e. The number of nitrogens with one attached hydrogen (secondary N) is 1.